The van der Waals surface area contributed by atoms with Gasteiger partial charge in [-0.3, -0.25) is 4.79 Å². The SMILES string of the molecule is CCCCN(CCC)C(=O)c1ccc(S(N)(=O)=O)o1. The highest BCUT2D eigenvalue weighted by molar-refractivity contribution is 7.89. The molecule has 0 aromatic carbocycles. The Kier molecular flexibility index (Phi) is 5.56. The molecule has 0 bridgehead atoms. The Balaban J connectivity index is 2.87. The molecule has 0 aliphatic carbocycles. The number of rotatable bonds is 7. The van der Waals surface area contributed by atoms with Gasteiger partial charge in [-0.1, -0.05) is 20.3 Å². The Bertz CT molecular complexity index is 522. The maximum Gasteiger partial charge on any atom is 0.289 e. The van der Waals surface area contributed by atoms with Crippen LogP contribution < -0.4 is 5.14 Å². The second-order valence-electron chi connectivity index (χ2n) is 4.31. The molecular formula is C12H20N2O4S. The molecule has 0 aliphatic rings. The van der Waals surface area contributed by atoms with Gasteiger partial charge in [0.05, 0.1) is 0 Å². The number of nitrogens with zero attached hydrogens (tertiary/aromatic N) is 1. The number of nitrogens with two attached hydrogens (primary N) is 1. The molecule has 0 spiro atoms. The molecule has 1 rings (SSSR count). The summed E-state index contributed by atoms with van der Waals surface area (Å²) >= 11 is 0. The third-order valence-electron chi connectivity index (χ3n) is 2.63. The molecule has 1 amide bonds. The number of hydrogen-bond donors (Lipinski definition) is 1. The first-order valence-electron chi connectivity index (χ1n) is 6.32. The topological polar surface area (TPSA) is 93.6 Å². The fraction of sp³-hybridized carbons (Fsp3) is 0.583. The lowest BCUT2D eigenvalue weighted by Gasteiger charge is -2.20. The largest absolute Gasteiger partial charge is 0.438 e. The van der Waals surface area contributed by atoms with Gasteiger partial charge in [-0.15, -0.1) is 0 Å². The number of carbonyl (C=O) groups excluding carboxylic acids is 1. The van der Waals surface area contributed by atoms with Crippen molar-refractivity contribution in [3.63, 3.8) is 0 Å². The van der Waals surface area contributed by atoms with Gasteiger partial charge in [0.15, 0.2) is 5.76 Å². The molecule has 1 aromatic rings. The zero-order valence-corrected chi connectivity index (χ0v) is 12.1. The van der Waals surface area contributed by atoms with E-state index >= 15 is 0 Å². The van der Waals surface area contributed by atoms with Gasteiger partial charge >= 0.3 is 0 Å². The third kappa shape index (κ3) is 4.36. The van der Waals surface area contributed by atoms with Gasteiger partial charge in [-0.05, 0) is 25.0 Å². The summed E-state index contributed by atoms with van der Waals surface area (Å²) in [6.07, 6.45) is 2.71. The van der Waals surface area contributed by atoms with Crippen LogP contribution >= 0.6 is 0 Å². The van der Waals surface area contributed by atoms with E-state index in [0.717, 1.165) is 19.3 Å². The maximum absolute atomic E-state index is 12.2. The first kappa shape index (κ1) is 15.7. The summed E-state index contributed by atoms with van der Waals surface area (Å²) in [7, 11) is -3.91. The molecule has 0 unspecified atom stereocenters. The van der Waals surface area contributed by atoms with Crippen molar-refractivity contribution in [3.05, 3.63) is 17.9 Å². The van der Waals surface area contributed by atoms with Crippen LogP contribution in [-0.2, 0) is 10.0 Å². The molecule has 19 heavy (non-hydrogen) atoms. The van der Waals surface area contributed by atoms with Crippen molar-refractivity contribution in [2.75, 3.05) is 13.1 Å². The summed E-state index contributed by atoms with van der Waals surface area (Å²) in [4.78, 5) is 13.8. The summed E-state index contributed by atoms with van der Waals surface area (Å²) in [5.74, 6) is -0.293. The summed E-state index contributed by atoms with van der Waals surface area (Å²) < 4.78 is 27.2. The predicted molar refractivity (Wildman–Crippen MR) is 71.2 cm³/mol. The quantitative estimate of drug-likeness (QED) is 0.824. The Morgan fingerprint density at radius 1 is 1.26 bits per heavy atom. The van der Waals surface area contributed by atoms with Crippen LogP contribution in [0.1, 0.15) is 43.7 Å². The molecule has 108 valence electrons. The fourth-order valence-corrected chi connectivity index (χ4v) is 2.14. The van der Waals surface area contributed by atoms with Crippen molar-refractivity contribution >= 4 is 15.9 Å². The number of hydrogen-bond acceptors (Lipinski definition) is 4. The third-order valence-corrected chi connectivity index (χ3v) is 3.42. The Hall–Kier alpha value is -1.34. The van der Waals surface area contributed by atoms with Crippen LogP contribution in [0, 0.1) is 0 Å². The standard InChI is InChI=1S/C12H20N2O4S/c1-3-5-9-14(8-4-2)12(15)10-6-7-11(18-10)19(13,16)17/h6-7H,3-5,8-9H2,1-2H3,(H2,13,16,17). The minimum Gasteiger partial charge on any atom is -0.438 e. The molecule has 0 saturated carbocycles. The van der Waals surface area contributed by atoms with E-state index in [2.05, 4.69) is 0 Å². The van der Waals surface area contributed by atoms with Crippen molar-refractivity contribution in [1.29, 1.82) is 0 Å². The van der Waals surface area contributed by atoms with E-state index in [-0.39, 0.29) is 16.8 Å². The molecule has 6 nitrogen and oxygen atoms in total. The van der Waals surface area contributed by atoms with E-state index in [4.69, 9.17) is 9.56 Å². The van der Waals surface area contributed by atoms with Crippen LogP contribution in [-0.4, -0.2) is 32.3 Å². The number of sulfonamides is 1. The normalized spacial score (nSPS) is 11.5. The molecular weight excluding hydrogens is 268 g/mol. The fourth-order valence-electron chi connectivity index (χ4n) is 1.68. The molecule has 0 atom stereocenters. The number of carbonyl (C=O) groups is 1. The van der Waals surface area contributed by atoms with E-state index in [9.17, 15) is 13.2 Å². The molecule has 0 saturated heterocycles. The van der Waals surface area contributed by atoms with Gasteiger partial charge in [0.25, 0.3) is 15.9 Å². The van der Waals surface area contributed by atoms with Gasteiger partial charge in [-0.2, -0.15) is 0 Å². The highest BCUT2D eigenvalue weighted by Crippen LogP contribution is 2.15. The molecule has 0 aliphatic heterocycles. The Morgan fingerprint density at radius 3 is 2.42 bits per heavy atom. The van der Waals surface area contributed by atoms with E-state index in [1.165, 1.54) is 12.1 Å². The summed E-state index contributed by atoms with van der Waals surface area (Å²) in [5.41, 5.74) is 0. The van der Waals surface area contributed by atoms with Crippen LogP contribution in [0.2, 0.25) is 0 Å². The van der Waals surface area contributed by atoms with Crippen molar-refractivity contribution < 1.29 is 17.6 Å². The van der Waals surface area contributed by atoms with Crippen LogP contribution in [0.25, 0.3) is 0 Å². The number of amides is 1. The van der Waals surface area contributed by atoms with Crippen molar-refractivity contribution in [3.8, 4) is 0 Å². The average Bonchev–Trinajstić information content (AvgIpc) is 2.83. The number of primary sulfonamides is 1. The van der Waals surface area contributed by atoms with E-state index in [1.807, 2.05) is 13.8 Å². The highest BCUT2D eigenvalue weighted by atomic mass is 32.2. The molecule has 0 radical (unpaired) electrons. The van der Waals surface area contributed by atoms with Crippen molar-refractivity contribution in [1.82, 2.24) is 4.90 Å². The minimum atomic E-state index is -3.91. The van der Waals surface area contributed by atoms with Crippen molar-refractivity contribution in [2.24, 2.45) is 5.14 Å². The van der Waals surface area contributed by atoms with Gasteiger partial charge in [-0.25, -0.2) is 13.6 Å². The molecule has 7 heteroatoms. The van der Waals surface area contributed by atoms with Gasteiger partial charge < -0.3 is 9.32 Å². The van der Waals surface area contributed by atoms with Gasteiger partial charge in [0.2, 0.25) is 5.09 Å². The lowest BCUT2D eigenvalue weighted by atomic mass is 10.2. The Labute approximate surface area is 113 Å². The monoisotopic (exact) mass is 288 g/mol. The van der Waals surface area contributed by atoms with Crippen LogP contribution in [0.3, 0.4) is 0 Å². The van der Waals surface area contributed by atoms with Crippen LogP contribution in [0.5, 0.6) is 0 Å². The maximum atomic E-state index is 12.2. The van der Waals surface area contributed by atoms with E-state index in [0.29, 0.717) is 13.1 Å². The van der Waals surface area contributed by atoms with Crippen molar-refractivity contribution in [2.45, 2.75) is 38.2 Å². The first-order valence-corrected chi connectivity index (χ1v) is 7.86. The molecule has 1 heterocycles. The zero-order valence-electron chi connectivity index (χ0n) is 11.3. The highest BCUT2D eigenvalue weighted by Gasteiger charge is 2.21. The van der Waals surface area contributed by atoms with E-state index in [1.54, 1.807) is 4.90 Å². The summed E-state index contributed by atoms with van der Waals surface area (Å²) in [6.45, 7) is 5.27. The average molecular weight is 288 g/mol. The second-order valence-corrected chi connectivity index (χ2v) is 5.80. The first-order chi connectivity index (χ1) is 8.90. The summed E-state index contributed by atoms with van der Waals surface area (Å²) in [6, 6.07) is 2.54. The smallest absolute Gasteiger partial charge is 0.289 e. The lowest BCUT2D eigenvalue weighted by Crippen LogP contribution is -2.32. The number of unbranched alkanes of at least 4 members (excludes halogenated alkanes) is 1. The van der Waals surface area contributed by atoms with Gasteiger partial charge in [0.1, 0.15) is 0 Å². The zero-order chi connectivity index (χ0) is 14.5. The minimum absolute atomic E-state index is 0.00794. The predicted octanol–water partition coefficient (Wildman–Crippen LogP) is 1.58. The van der Waals surface area contributed by atoms with Gasteiger partial charge in [0, 0.05) is 13.1 Å². The summed E-state index contributed by atoms with van der Waals surface area (Å²) in [5, 5.41) is 4.55. The van der Waals surface area contributed by atoms with E-state index < -0.39 is 10.0 Å². The molecule has 0 fully saturated rings. The van der Waals surface area contributed by atoms with Crippen LogP contribution in [0.4, 0.5) is 0 Å². The molecule has 1 aromatic heterocycles. The molecule has 2 N–H and O–H groups in total. The Morgan fingerprint density at radius 2 is 1.95 bits per heavy atom. The van der Waals surface area contributed by atoms with Crippen LogP contribution in [0.15, 0.2) is 21.6 Å². The number of furan rings is 1. The lowest BCUT2D eigenvalue weighted by molar-refractivity contribution is 0.0715. The second kappa shape index (κ2) is 6.72.